The Morgan fingerprint density at radius 3 is 2.59 bits per heavy atom. The summed E-state index contributed by atoms with van der Waals surface area (Å²) in [4.78, 5) is 16.1. The highest BCUT2D eigenvalue weighted by Crippen LogP contribution is 2.32. The van der Waals surface area contributed by atoms with Crippen LogP contribution in [0.15, 0.2) is 16.7 Å². The third-order valence-electron chi connectivity index (χ3n) is 4.33. The van der Waals surface area contributed by atoms with Gasteiger partial charge >= 0.3 is 0 Å². The van der Waals surface area contributed by atoms with Gasteiger partial charge in [0.05, 0.1) is 34.0 Å². The van der Waals surface area contributed by atoms with E-state index in [2.05, 4.69) is 36.4 Å². The summed E-state index contributed by atoms with van der Waals surface area (Å²) in [6.45, 7) is 3.78. The Morgan fingerprint density at radius 2 is 1.97 bits per heavy atom. The summed E-state index contributed by atoms with van der Waals surface area (Å²) in [5.41, 5.74) is -0.607. The van der Waals surface area contributed by atoms with Crippen LogP contribution in [-0.2, 0) is 24.4 Å². The van der Waals surface area contributed by atoms with Crippen LogP contribution in [-0.4, -0.2) is 30.5 Å². The molecule has 0 unspecified atom stereocenters. The number of halogens is 5. The second-order valence-electron chi connectivity index (χ2n) is 6.21. The molecule has 0 fully saturated rings. The largest absolute Gasteiger partial charge is 0.349 e. The highest BCUT2D eigenvalue weighted by molar-refractivity contribution is 9.10. The normalized spacial score (nSPS) is 11.8. The molecule has 3 rings (SSSR count). The molecule has 0 spiro atoms. The number of pyridine rings is 1. The zero-order chi connectivity index (χ0) is 21.3. The van der Waals surface area contributed by atoms with E-state index in [1.54, 1.807) is 10.9 Å². The van der Waals surface area contributed by atoms with Crippen LogP contribution in [0.5, 0.6) is 0 Å². The van der Waals surface area contributed by atoms with Gasteiger partial charge in [-0.25, -0.2) is 27.2 Å². The zero-order valence-electron chi connectivity index (χ0n) is 15.5. The summed E-state index contributed by atoms with van der Waals surface area (Å²) in [7, 11) is 0. The van der Waals surface area contributed by atoms with Crippen LogP contribution >= 0.6 is 15.9 Å². The number of carbonyl (C=O) groups excluding carboxylic acids is 1. The van der Waals surface area contributed by atoms with Crippen molar-refractivity contribution in [3.8, 4) is 0 Å². The van der Waals surface area contributed by atoms with Crippen LogP contribution in [0, 0.1) is 6.92 Å². The van der Waals surface area contributed by atoms with Gasteiger partial charge in [-0.05, 0) is 35.8 Å². The first-order valence-electron chi connectivity index (χ1n) is 8.64. The molecule has 1 amide bonds. The lowest BCUT2D eigenvalue weighted by Gasteiger charge is -2.09. The van der Waals surface area contributed by atoms with E-state index in [1.807, 2.05) is 6.92 Å². The molecule has 0 aliphatic heterocycles. The molecule has 12 heteroatoms. The molecule has 0 bridgehead atoms. The minimum atomic E-state index is -3.03. The van der Waals surface area contributed by atoms with Crippen LogP contribution in [0.1, 0.15) is 42.4 Å². The van der Waals surface area contributed by atoms with Gasteiger partial charge in [-0.3, -0.25) is 9.48 Å². The number of nitrogens with one attached hydrogen (secondary N) is 1. The summed E-state index contributed by atoms with van der Waals surface area (Å²) < 4.78 is 56.4. The molecule has 0 saturated carbocycles. The zero-order valence-corrected chi connectivity index (χ0v) is 17.1. The summed E-state index contributed by atoms with van der Waals surface area (Å²) in [6, 6.07) is 0.681. The Bertz CT molecular complexity index is 1050. The monoisotopic (exact) mass is 476 g/mol. The van der Waals surface area contributed by atoms with Crippen molar-refractivity contribution in [3.63, 3.8) is 0 Å². The van der Waals surface area contributed by atoms with Gasteiger partial charge in [0.1, 0.15) is 12.2 Å². The molecule has 0 aliphatic carbocycles. The minimum Gasteiger partial charge on any atom is -0.349 e. The van der Waals surface area contributed by atoms with Crippen molar-refractivity contribution in [2.45, 2.75) is 46.3 Å². The maximum Gasteiger partial charge on any atom is 0.280 e. The maximum atomic E-state index is 13.4. The van der Waals surface area contributed by atoms with E-state index in [1.165, 1.54) is 6.92 Å². The summed E-state index contributed by atoms with van der Waals surface area (Å²) >= 11 is 3.35. The van der Waals surface area contributed by atoms with Gasteiger partial charge in [-0.1, -0.05) is 0 Å². The molecule has 0 radical (unpaired) electrons. The first-order chi connectivity index (χ1) is 13.7. The molecule has 3 heterocycles. The first kappa shape index (κ1) is 21.2. The van der Waals surface area contributed by atoms with E-state index in [0.29, 0.717) is 12.6 Å². The van der Waals surface area contributed by atoms with Crippen LogP contribution in [0.2, 0.25) is 0 Å². The number of aryl methyl sites for hydroxylation is 2. The van der Waals surface area contributed by atoms with Crippen molar-refractivity contribution in [1.29, 1.82) is 0 Å². The molecule has 29 heavy (non-hydrogen) atoms. The third kappa shape index (κ3) is 4.26. The van der Waals surface area contributed by atoms with Gasteiger partial charge in [0.2, 0.25) is 5.91 Å². The Morgan fingerprint density at radius 1 is 1.24 bits per heavy atom. The van der Waals surface area contributed by atoms with E-state index in [0.717, 1.165) is 14.8 Å². The van der Waals surface area contributed by atoms with Gasteiger partial charge in [0, 0.05) is 12.1 Å². The van der Waals surface area contributed by atoms with Gasteiger partial charge in [0.25, 0.3) is 12.9 Å². The number of aromatic nitrogens is 5. The fourth-order valence-corrected chi connectivity index (χ4v) is 3.45. The van der Waals surface area contributed by atoms with Gasteiger partial charge in [-0.15, -0.1) is 0 Å². The van der Waals surface area contributed by atoms with Crippen molar-refractivity contribution >= 4 is 32.9 Å². The van der Waals surface area contributed by atoms with E-state index < -0.39 is 30.0 Å². The molecule has 0 aliphatic rings. The van der Waals surface area contributed by atoms with Crippen molar-refractivity contribution in [2.75, 3.05) is 0 Å². The lowest BCUT2D eigenvalue weighted by molar-refractivity contribution is -0.122. The summed E-state index contributed by atoms with van der Waals surface area (Å²) in [5, 5.41) is 10.9. The van der Waals surface area contributed by atoms with Gasteiger partial charge in [0.15, 0.2) is 5.65 Å². The molecule has 1 N–H and O–H groups in total. The smallest absolute Gasteiger partial charge is 0.280 e. The van der Waals surface area contributed by atoms with E-state index in [-0.39, 0.29) is 29.8 Å². The molecule has 0 atom stereocenters. The number of rotatable bonds is 7. The molecule has 7 nitrogen and oxygen atoms in total. The highest BCUT2D eigenvalue weighted by Gasteiger charge is 2.24. The van der Waals surface area contributed by atoms with Gasteiger partial charge in [-0.2, -0.15) is 10.2 Å². The van der Waals surface area contributed by atoms with E-state index in [4.69, 9.17) is 0 Å². The minimum absolute atomic E-state index is 0.0241. The van der Waals surface area contributed by atoms with E-state index in [9.17, 15) is 22.4 Å². The van der Waals surface area contributed by atoms with Crippen LogP contribution in [0.4, 0.5) is 17.6 Å². The van der Waals surface area contributed by atoms with Gasteiger partial charge < -0.3 is 5.32 Å². The van der Waals surface area contributed by atoms with Crippen LogP contribution in [0.25, 0.3) is 11.0 Å². The van der Waals surface area contributed by atoms with Crippen LogP contribution < -0.4 is 5.32 Å². The van der Waals surface area contributed by atoms with E-state index >= 15 is 0 Å². The van der Waals surface area contributed by atoms with Crippen LogP contribution in [0.3, 0.4) is 0 Å². The molecule has 156 valence electrons. The second kappa shape index (κ2) is 8.47. The number of hydrogen-bond donors (Lipinski definition) is 1. The first-order valence-corrected chi connectivity index (χ1v) is 9.43. The lowest BCUT2D eigenvalue weighted by Crippen LogP contribution is -2.28. The molecular formula is C17H17BrF4N6O. The lowest BCUT2D eigenvalue weighted by atomic mass is 10.1. The van der Waals surface area contributed by atoms with Crippen molar-refractivity contribution < 1.29 is 22.4 Å². The number of amides is 1. The molecule has 3 aromatic rings. The number of nitrogens with zero attached hydrogens (tertiary/aromatic N) is 5. The third-order valence-corrected chi connectivity index (χ3v) is 4.99. The van der Waals surface area contributed by atoms with Crippen molar-refractivity contribution in [1.82, 2.24) is 29.9 Å². The fourth-order valence-electron chi connectivity index (χ4n) is 3.01. The molecule has 0 saturated heterocycles. The summed E-state index contributed by atoms with van der Waals surface area (Å²) in [5.74, 6) is -0.479. The Labute approximate surface area is 171 Å². The molecule has 0 aromatic carbocycles. The predicted octanol–water partition coefficient (Wildman–Crippen LogP) is 3.91. The van der Waals surface area contributed by atoms with Crippen molar-refractivity contribution in [2.24, 2.45) is 0 Å². The number of carbonyl (C=O) groups is 1. The quantitative estimate of drug-likeness (QED) is 0.524. The number of alkyl halides is 4. The van der Waals surface area contributed by atoms with Crippen molar-refractivity contribution in [3.05, 3.63) is 39.4 Å². The Kier molecular flexibility index (Phi) is 6.20. The molecule has 3 aromatic heterocycles. The standard InChI is InChI=1S/C17H17BrF4N6O/c1-3-27-12(10(18)5-24-27)6-23-13(29)7-28-17-14(8(2)26-28)9(15(19)20)4-11(25-17)16(21)22/h4-5,15-16H,3,6-7H2,1-2H3,(H,23,29). The highest BCUT2D eigenvalue weighted by atomic mass is 79.9. The average Bonchev–Trinajstić information content (AvgIpc) is 3.18. The predicted molar refractivity (Wildman–Crippen MR) is 99.6 cm³/mol. The Hall–Kier alpha value is -2.50. The second-order valence-corrected chi connectivity index (χ2v) is 7.07. The number of hydrogen-bond acceptors (Lipinski definition) is 4. The number of fused-ring (bicyclic) bond motifs is 1. The fraction of sp³-hybridized carbons (Fsp3) is 0.412. The molecular weight excluding hydrogens is 460 g/mol. The Balaban J connectivity index is 1.88. The SMILES string of the molecule is CCn1ncc(Br)c1CNC(=O)Cn1nc(C)c2c(C(F)F)cc(C(F)F)nc21. The maximum absolute atomic E-state index is 13.4. The summed E-state index contributed by atoms with van der Waals surface area (Å²) in [6.07, 6.45) is -4.40. The topological polar surface area (TPSA) is 77.6 Å². The average molecular weight is 477 g/mol.